The van der Waals surface area contributed by atoms with Crippen LogP contribution in [0, 0.1) is 0 Å². The van der Waals surface area contributed by atoms with Crippen molar-refractivity contribution in [3.05, 3.63) is 108 Å². The summed E-state index contributed by atoms with van der Waals surface area (Å²) in [5.74, 6) is -0.744. The van der Waals surface area contributed by atoms with E-state index < -0.39 is 5.97 Å². The summed E-state index contributed by atoms with van der Waals surface area (Å²) in [5, 5.41) is 0. The summed E-state index contributed by atoms with van der Waals surface area (Å²) in [5.41, 5.74) is 3.83. The summed E-state index contributed by atoms with van der Waals surface area (Å²) in [4.78, 5) is 32.8. The van der Waals surface area contributed by atoms with E-state index in [1.807, 2.05) is 54.6 Å². The fourth-order valence-corrected chi connectivity index (χ4v) is 3.85. The molecule has 164 valence electrons. The van der Waals surface area contributed by atoms with Crippen LogP contribution in [0.4, 0.5) is 0 Å². The quantitative estimate of drug-likeness (QED) is 0.151. The second-order valence-corrected chi connectivity index (χ2v) is 8.39. The second-order valence-electron chi connectivity index (χ2n) is 7.24. The lowest BCUT2D eigenvalue weighted by Gasteiger charge is -2.11. The minimum atomic E-state index is -0.535. The predicted molar refractivity (Wildman–Crippen MR) is 129 cm³/mol. The Morgan fingerprint density at radius 1 is 0.812 bits per heavy atom. The third-order valence-electron chi connectivity index (χ3n) is 4.76. The molecule has 0 saturated carbocycles. The van der Waals surface area contributed by atoms with Crippen molar-refractivity contribution >= 4 is 23.5 Å². The van der Waals surface area contributed by atoms with Crippen LogP contribution in [0.3, 0.4) is 0 Å². The number of rotatable bonds is 11. The molecule has 3 aromatic carbocycles. The van der Waals surface area contributed by atoms with Crippen LogP contribution in [0.5, 0.6) is 0 Å². The largest absolute Gasteiger partial charge is 0.362 e. The number of Topliss-reactive ketones (excluding diaryl/α,β-unsaturated/α-hetero) is 1. The molecule has 0 spiro atoms. The second kappa shape index (κ2) is 12.5. The normalized spacial score (nSPS) is 11.1. The van der Waals surface area contributed by atoms with Crippen molar-refractivity contribution in [3.63, 3.8) is 0 Å². The van der Waals surface area contributed by atoms with Gasteiger partial charge in [-0.3, -0.25) is 4.79 Å². The lowest BCUT2D eigenvalue weighted by Crippen LogP contribution is -2.24. The van der Waals surface area contributed by atoms with E-state index in [1.54, 1.807) is 48.2 Å². The number of hydrogen-bond donors (Lipinski definition) is 1. The topological polar surface area (TPSA) is 55.4 Å². The van der Waals surface area contributed by atoms with Crippen LogP contribution in [0.1, 0.15) is 53.3 Å². The lowest BCUT2D eigenvalue weighted by atomic mass is 10.1. The number of hydrogen-bond acceptors (Lipinski definition) is 5. The first-order chi connectivity index (χ1) is 15.7. The fraction of sp³-hybridized carbons (Fsp3) is 0.185. The van der Waals surface area contributed by atoms with Crippen LogP contribution in [-0.4, -0.2) is 11.8 Å². The van der Waals surface area contributed by atoms with E-state index in [9.17, 15) is 9.59 Å². The highest BCUT2D eigenvalue weighted by molar-refractivity contribution is 7.99. The Morgan fingerprint density at radius 2 is 1.44 bits per heavy atom. The van der Waals surface area contributed by atoms with Crippen molar-refractivity contribution in [2.75, 3.05) is 0 Å². The first-order valence-electron chi connectivity index (χ1n) is 10.8. The molecule has 0 bridgehead atoms. The molecule has 4 nitrogen and oxygen atoms in total. The molecule has 0 aromatic heterocycles. The van der Waals surface area contributed by atoms with Crippen LogP contribution in [-0.2, 0) is 4.84 Å². The highest BCUT2D eigenvalue weighted by Crippen LogP contribution is 2.27. The molecule has 5 heteroatoms. The summed E-state index contributed by atoms with van der Waals surface area (Å²) in [6.45, 7) is 2.13. The van der Waals surface area contributed by atoms with E-state index in [4.69, 9.17) is 4.84 Å². The molecule has 0 fully saturated rings. The van der Waals surface area contributed by atoms with Gasteiger partial charge in [-0.2, -0.15) is 0 Å². The molecule has 0 heterocycles. The maximum absolute atomic E-state index is 13.1. The molecule has 3 aromatic rings. The number of hydroxylamine groups is 1. The molecule has 0 amide bonds. The summed E-state index contributed by atoms with van der Waals surface area (Å²) >= 11 is 1.64. The number of carbonyl (C=O) groups is 2. The monoisotopic (exact) mass is 445 g/mol. The molecule has 1 N–H and O–H groups in total. The molecule has 0 aliphatic carbocycles. The van der Waals surface area contributed by atoms with Gasteiger partial charge in [0, 0.05) is 15.4 Å². The van der Waals surface area contributed by atoms with Gasteiger partial charge in [0.15, 0.2) is 0 Å². The first kappa shape index (κ1) is 23.4. The molecule has 0 radical (unpaired) electrons. The lowest BCUT2D eigenvalue weighted by molar-refractivity contribution is 0.0320. The number of benzene rings is 3. The molecular formula is C27H27NO3S. The van der Waals surface area contributed by atoms with Gasteiger partial charge in [-0.25, -0.2) is 10.3 Å². The SMILES string of the molecule is CCCCC/C=C(\NOC(=O)c1ccccc1)C(=O)c1ccc(Sc2ccccc2)cc1. The molecule has 0 aliphatic rings. The Balaban J connectivity index is 1.68. The molecule has 0 unspecified atom stereocenters. The number of allylic oxidation sites excluding steroid dienone is 2. The van der Waals surface area contributed by atoms with Crippen LogP contribution in [0.25, 0.3) is 0 Å². The predicted octanol–water partition coefficient (Wildman–Crippen LogP) is 6.85. The molecular weight excluding hydrogens is 418 g/mol. The van der Waals surface area contributed by atoms with E-state index in [-0.39, 0.29) is 11.5 Å². The van der Waals surface area contributed by atoms with Gasteiger partial charge in [0.1, 0.15) is 5.70 Å². The number of ketones is 1. The van der Waals surface area contributed by atoms with Gasteiger partial charge in [0.05, 0.1) is 5.56 Å². The third-order valence-corrected chi connectivity index (χ3v) is 5.78. The summed E-state index contributed by atoms with van der Waals surface area (Å²) < 4.78 is 0. The Hall–Kier alpha value is -3.31. The average Bonchev–Trinajstić information content (AvgIpc) is 2.84. The van der Waals surface area contributed by atoms with Gasteiger partial charge in [-0.15, -0.1) is 0 Å². The van der Waals surface area contributed by atoms with Gasteiger partial charge in [0.25, 0.3) is 0 Å². The van der Waals surface area contributed by atoms with E-state index >= 15 is 0 Å². The van der Waals surface area contributed by atoms with Gasteiger partial charge in [-0.05, 0) is 61.4 Å². The smallest absolute Gasteiger partial charge is 0.338 e. The van der Waals surface area contributed by atoms with Crippen LogP contribution in [0.2, 0.25) is 0 Å². The van der Waals surface area contributed by atoms with E-state index in [0.717, 1.165) is 35.5 Å². The Kier molecular flexibility index (Phi) is 9.14. The molecule has 32 heavy (non-hydrogen) atoms. The average molecular weight is 446 g/mol. The van der Waals surface area contributed by atoms with E-state index in [2.05, 4.69) is 12.4 Å². The Labute approximate surface area is 193 Å². The molecule has 0 saturated heterocycles. The molecule has 0 aliphatic heterocycles. The van der Waals surface area contributed by atoms with Crippen molar-refractivity contribution in [2.24, 2.45) is 0 Å². The minimum Gasteiger partial charge on any atom is -0.338 e. The van der Waals surface area contributed by atoms with Crippen molar-refractivity contribution in [3.8, 4) is 0 Å². The minimum absolute atomic E-state index is 0.210. The Morgan fingerprint density at radius 3 is 2.09 bits per heavy atom. The highest BCUT2D eigenvalue weighted by atomic mass is 32.2. The van der Waals surface area contributed by atoms with Crippen molar-refractivity contribution in [2.45, 2.75) is 42.4 Å². The van der Waals surface area contributed by atoms with Crippen molar-refractivity contribution in [1.82, 2.24) is 5.48 Å². The summed E-state index contributed by atoms with van der Waals surface area (Å²) in [7, 11) is 0. The van der Waals surface area contributed by atoms with E-state index in [1.165, 1.54) is 0 Å². The highest BCUT2D eigenvalue weighted by Gasteiger charge is 2.15. The first-order valence-corrected chi connectivity index (χ1v) is 11.6. The number of unbranched alkanes of at least 4 members (excludes halogenated alkanes) is 3. The van der Waals surface area contributed by atoms with E-state index in [0.29, 0.717) is 11.1 Å². The van der Waals surface area contributed by atoms with Gasteiger partial charge in [0.2, 0.25) is 5.78 Å². The molecule has 0 atom stereocenters. The van der Waals surface area contributed by atoms with Crippen molar-refractivity contribution < 1.29 is 14.4 Å². The zero-order valence-electron chi connectivity index (χ0n) is 18.1. The Bertz CT molecular complexity index is 1030. The van der Waals surface area contributed by atoms with Gasteiger partial charge >= 0.3 is 5.97 Å². The third kappa shape index (κ3) is 7.13. The number of carbonyl (C=O) groups excluding carboxylic acids is 2. The summed E-state index contributed by atoms with van der Waals surface area (Å²) in [6.07, 6.45) is 5.67. The maximum atomic E-state index is 13.1. The zero-order valence-corrected chi connectivity index (χ0v) is 18.9. The standard InChI is InChI=1S/C27H27NO3S/c1-2-3-4-11-16-25(28-31-27(30)22-12-7-5-8-13-22)26(29)21-17-19-24(20-18-21)32-23-14-9-6-10-15-23/h5-10,12-20,28H,2-4,11H2,1H3/b25-16-. The van der Waals surface area contributed by atoms with Crippen LogP contribution < -0.4 is 5.48 Å². The van der Waals surface area contributed by atoms with Gasteiger partial charge in [-0.1, -0.05) is 74.0 Å². The summed E-state index contributed by atoms with van der Waals surface area (Å²) in [6, 6.07) is 26.2. The fourth-order valence-electron chi connectivity index (χ4n) is 3.01. The van der Waals surface area contributed by atoms with Crippen LogP contribution in [0.15, 0.2) is 106 Å². The van der Waals surface area contributed by atoms with Crippen LogP contribution >= 0.6 is 11.8 Å². The number of nitrogens with one attached hydrogen (secondary N) is 1. The maximum Gasteiger partial charge on any atom is 0.362 e. The van der Waals surface area contributed by atoms with Crippen molar-refractivity contribution in [1.29, 1.82) is 0 Å². The van der Waals surface area contributed by atoms with Gasteiger partial charge < -0.3 is 4.84 Å². The molecule has 3 rings (SSSR count). The zero-order chi connectivity index (χ0) is 22.6.